The molecule has 0 fully saturated rings. The number of amides is 1. The van der Waals surface area contributed by atoms with Gasteiger partial charge in [0.2, 0.25) is 5.91 Å². The summed E-state index contributed by atoms with van der Waals surface area (Å²) >= 11 is 0. The van der Waals surface area contributed by atoms with Gasteiger partial charge in [0.15, 0.2) is 5.78 Å². The topological polar surface area (TPSA) is 113 Å². The lowest BCUT2D eigenvalue weighted by molar-refractivity contribution is -0.159. The molecule has 1 aromatic carbocycles. The molecule has 2 rings (SSSR count). The Balaban J connectivity index is 2.17. The van der Waals surface area contributed by atoms with Crippen LogP contribution in [0.25, 0.3) is 10.9 Å². The first-order valence-corrected chi connectivity index (χ1v) is 10.3. The second-order valence-electron chi connectivity index (χ2n) is 8.57. The standard InChI is InChI=1S/C23H32N4O4/c1-23(2,3)31-22(30)18(11-10-16(28)13-24)26-21(29)19(25-4)12-15-14-27(5)20-9-7-6-8-17(15)20/h6-9,13-14,18-19,24-25H,10-12H2,1-5H3,(H,26,29)/t18-,19-/m0/s1. The molecule has 0 unspecified atom stereocenters. The zero-order valence-electron chi connectivity index (χ0n) is 18.8. The number of ketones is 1. The van der Waals surface area contributed by atoms with Gasteiger partial charge in [-0.1, -0.05) is 18.2 Å². The van der Waals surface area contributed by atoms with E-state index in [2.05, 4.69) is 10.6 Å². The molecule has 0 saturated carbocycles. The van der Waals surface area contributed by atoms with Crippen LogP contribution in [-0.2, 0) is 32.6 Å². The predicted octanol–water partition coefficient (Wildman–Crippen LogP) is 2.13. The number of likely N-dealkylation sites (N-methyl/N-ethyl adjacent to an activating group) is 1. The highest BCUT2D eigenvalue weighted by molar-refractivity contribution is 6.26. The minimum Gasteiger partial charge on any atom is -0.458 e. The Hall–Kier alpha value is -3.00. The van der Waals surface area contributed by atoms with Gasteiger partial charge >= 0.3 is 5.97 Å². The van der Waals surface area contributed by atoms with Crippen LogP contribution in [0.2, 0.25) is 0 Å². The number of esters is 1. The number of benzene rings is 1. The fourth-order valence-corrected chi connectivity index (χ4v) is 3.39. The molecule has 8 nitrogen and oxygen atoms in total. The third kappa shape index (κ3) is 6.75. The third-order valence-electron chi connectivity index (χ3n) is 4.92. The summed E-state index contributed by atoms with van der Waals surface area (Å²) < 4.78 is 7.43. The van der Waals surface area contributed by atoms with Crippen molar-refractivity contribution in [1.82, 2.24) is 15.2 Å². The summed E-state index contributed by atoms with van der Waals surface area (Å²) in [5, 5.41) is 13.9. The molecule has 0 saturated heterocycles. The van der Waals surface area contributed by atoms with Crippen LogP contribution in [0.4, 0.5) is 0 Å². The van der Waals surface area contributed by atoms with Crippen LogP contribution in [0.5, 0.6) is 0 Å². The average Bonchev–Trinajstić information content (AvgIpc) is 3.03. The summed E-state index contributed by atoms with van der Waals surface area (Å²) in [6.07, 6.45) is 3.19. The first kappa shape index (κ1) is 24.3. The third-order valence-corrected chi connectivity index (χ3v) is 4.92. The van der Waals surface area contributed by atoms with Crippen molar-refractivity contribution in [2.24, 2.45) is 7.05 Å². The Morgan fingerprint density at radius 1 is 1.19 bits per heavy atom. The number of hydrogen-bond acceptors (Lipinski definition) is 6. The molecule has 2 atom stereocenters. The van der Waals surface area contributed by atoms with Crippen molar-refractivity contribution in [3.05, 3.63) is 36.0 Å². The van der Waals surface area contributed by atoms with E-state index in [1.807, 2.05) is 42.1 Å². The Morgan fingerprint density at radius 3 is 2.48 bits per heavy atom. The molecule has 0 aliphatic carbocycles. The van der Waals surface area contributed by atoms with Gasteiger partial charge in [-0.3, -0.25) is 9.59 Å². The van der Waals surface area contributed by atoms with Gasteiger partial charge < -0.3 is 25.3 Å². The second kappa shape index (κ2) is 10.3. The summed E-state index contributed by atoms with van der Waals surface area (Å²) in [5.74, 6) is -1.36. The zero-order chi connectivity index (χ0) is 23.2. The first-order valence-electron chi connectivity index (χ1n) is 10.3. The van der Waals surface area contributed by atoms with Crippen molar-refractivity contribution in [3.8, 4) is 0 Å². The number of hydrogen-bond donors (Lipinski definition) is 3. The van der Waals surface area contributed by atoms with Crippen LogP contribution in [0, 0.1) is 5.41 Å². The second-order valence-corrected chi connectivity index (χ2v) is 8.57. The van der Waals surface area contributed by atoms with E-state index in [0.717, 1.165) is 16.5 Å². The summed E-state index contributed by atoms with van der Waals surface area (Å²) in [6.45, 7) is 5.22. The number of fused-ring (bicyclic) bond motifs is 1. The van der Waals surface area contributed by atoms with E-state index in [-0.39, 0.29) is 18.7 Å². The number of Topliss-reactive ketones (excluding diaryl/α,β-unsaturated/α-hetero) is 1. The highest BCUT2D eigenvalue weighted by Crippen LogP contribution is 2.21. The number of ether oxygens (including phenoxy) is 1. The van der Waals surface area contributed by atoms with Crippen molar-refractivity contribution in [3.63, 3.8) is 0 Å². The molecule has 31 heavy (non-hydrogen) atoms. The van der Waals surface area contributed by atoms with Crippen LogP contribution in [0.3, 0.4) is 0 Å². The Bertz CT molecular complexity index is 958. The minimum absolute atomic E-state index is 0.0266. The highest BCUT2D eigenvalue weighted by atomic mass is 16.6. The number of carbonyl (C=O) groups is 3. The predicted molar refractivity (Wildman–Crippen MR) is 120 cm³/mol. The lowest BCUT2D eigenvalue weighted by atomic mass is 10.0. The lowest BCUT2D eigenvalue weighted by Crippen LogP contribution is -2.51. The normalized spacial score (nSPS) is 13.5. The van der Waals surface area contributed by atoms with Crippen LogP contribution in [0.15, 0.2) is 30.5 Å². The summed E-state index contributed by atoms with van der Waals surface area (Å²) in [4.78, 5) is 37.2. The molecule has 0 aliphatic heterocycles. The smallest absolute Gasteiger partial charge is 0.329 e. The molecule has 1 aromatic heterocycles. The van der Waals surface area contributed by atoms with Gasteiger partial charge in [0.05, 0.1) is 12.3 Å². The average molecular weight is 429 g/mol. The number of carbonyl (C=O) groups excluding carboxylic acids is 3. The fraction of sp³-hybridized carbons (Fsp3) is 0.478. The maximum absolute atomic E-state index is 13.0. The van der Waals surface area contributed by atoms with Crippen molar-refractivity contribution in [2.75, 3.05) is 7.05 Å². The maximum Gasteiger partial charge on any atom is 0.329 e. The van der Waals surface area contributed by atoms with Crippen molar-refractivity contribution < 1.29 is 19.1 Å². The van der Waals surface area contributed by atoms with Gasteiger partial charge in [-0.15, -0.1) is 0 Å². The molecule has 1 heterocycles. The maximum atomic E-state index is 13.0. The molecule has 8 heteroatoms. The van der Waals surface area contributed by atoms with Gasteiger partial charge in [0.25, 0.3) is 0 Å². The number of para-hydroxylation sites is 1. The molecule has 2 aromatic rings. The molecular formula is C23H32N4O4. The van der Waals surface area contributed by atoms with E-state index in [0.29, 0.717) is 12.6 Å². The molecule has 0 aliphatic rings. The van der Waals surface area contributed by atoms with Gasteiger partial charge in [0.1, 0.15) is 11.6 Å². The fourth-order valence-electron chi connectivity index (χ4n) is 3.39. The minimum atomic E-state index is -0.973. The van der Waals surface area contributed by atoms with E-state index < -0.39 is 29.4 Å². The molecule has 1 amide bonds. The van der Waals surface area contributed by atoms with E-state index >= 15 is 0 Å². The Labute approximate surface area is 182 Å². The van der Waals surface area contributed by atoms with Gasteiger partial charge in [-0.05, 0) is 52.3 Å². The number of rotatable bonds is 10. The number of nitrogens with zero attached hydrogens (tertiary/aromatic N) is 1. The highest BCUT2D eigenvalue weighted by Gasteiger charge is 2.29. The van der Waals surface area contributed by atoms with E-state index in [1.54, 1.807) is 27.8 Å². The van der Waals surface area contributed by atoms with Crippen molar-refractivity contribution in [1.29, 1.82) is 5.41 Å². The summed E-state index contributed by atoms with van der Waals surface area (Å²) in [5.41, 5.74) is 1.36. The Morgan fingerprint density at radius 2 is 1.87 bits per heavy atom. The van der Waals surface area contributed by atoms with Gasteiger partial charge in [-0.2, -0.15) is 0 Å². The van der Waals surface area contributed by atoms with Crippen molar-refractivity contribution >= 4 is 34.8 Å². The molecule has 0 spiro atoms. The Kier molecular flexibility index (Phi) is 8.10. The number of aryl methyl sites for hydroxylation is 1. The molecular weight excluding hydrogens is 396 g/mol. The van der Waals surface area contributed by atoms with Crippen LogP contribution < -0.4 is 10.6 Å². The zero-order valence-corrected chi connectivity index (χ0v) is 18.8. The SMILES string of the molecule is CN[C@@H](Cc1cn(C)c2ccccc12)C(=O)N[C@@H](CCC(=O)C=N)C(=O)OC(C)(C)C. The quantitative estimate of drug-likeness (QED) is 0.396. The number of aromatic nitrogens is 1. The molecule has 3 N–H and O–H groups in total. The van der Waals surface area contributed by atoms with E-state index in [4.69, 9.17) is 10.1 Å². The number of nitrogens with one attached hydrogen (secondary N) is 3. The largest absolute Gasteiger partial charge is 0.458 e. The van der Waals surface area contributed by atoms with E-state index in [9.17, 15) is 14.4 Å². The van der Waals surface area contributed by atoms with Crippen LogP contribution in [0.1, 0.15) is 39.2 Å². The lowest BCUT2D eigenvalue weighted by Gasteiger charge is -2.26. The van der Waals surface area contributed by atoms with E-state index in [1.165, 1.54) is 0 Å². The van der Waals surface area contributed by atoms with Gasteiger partial charge in [0, 0.05) is 30.6 Å². The van der Waals surface area contributed by atoms with Crippen LogP contribution in [-0.4, -0.2) is 53.2 Å². The summed E-state index contributed by atoms with van der Waals surface area (Å²) in [7, 11) is 3.65. The molecule has 0 bridgehead atoms. The monoisotopic (exact) mass is 428 g/mol. The van der Waals surface area contributed by atoms with Crippen LogP contribution >= 0.6 is 0 Å². The summed E-state index contributed by atoms with van der Waals surface area (Å²) in [6, 6.07) is 6.41. The van der Waals surface area contributed by atoms with Crippen molar-refractivity contribution in [2.45, 2.75) is 57.7 Å². The molecule has 168 valence electrons. The first-order chi connectivity index (χ1) is 14.6. The van der Waals surface area contributed by atoms with Gasteiger partial charge in [-0.25, -0.2) is 4.79 Å². The molecule has 0 radical (unpaired) electrons.